The van der Waals surface area contributed by atoms with E-state index in [0.29, 0.717) is 22.7 Å². The molecule has 0 aliphatic carbocycles. The second-order valence-corrected chi connectivity index (χ2v) is 7.13. The molecule has 1 unspecified atom stereocenters. The number of aromatic amines is 1. The lowest BCUT2D eigenvalue weighted by molar-refractivity contribution is 0.274. The molecule has 0 radical (unpaired) electrons. The van der Waals surface area contributed by atoms with Crippen LogP contribution in [-0.2, 0) is 6.61 Å². The van der Waals surface area contributed by atoms with E-state index in [1.165, 1.54) is 5.56 Å². The van der Waals surface area contributed by atoms with Gasteiger partial charge in [0.15, 0.2) is 5.65 Å². The maximum atomic E-state index is 12.6. The molecule has 0 amide bonds. The Kier molecular flexibility index (Phi) is 4.82. The second-order valence-electron chi connectivity index (χ2n) is 7.13. The zero-order valence-electron chi connectivity index (χ0n) is 15.8. The van der Waals surface area contributed by atoms with Crippen molar-refractivity contribution in [1.82, 2.24) is 19.7 Å². The number of aryl methyl sites for hydroxylation is 1. The summed E-state index contributed by atoms with van der Waals surface area (Å²) < 4.78 is 1.78. The van der Waals surface area contributed by atoms with Crippen molar-refractivity contribution in [1.29, 1.82) is 0 Å². The number of nitrogens with one attached hydrogen (secondary N) is 1. The molecule has 0 bridgehead atoms. The quantitative estimate of drug-likeness (QED) is 0.733. The average molecular weight is 355 g/mol. The van der Waals surface area contributed by atoms with E-state index in [1.54, 1.807) is 9.58 Å². The molecule has 1 atom stereocenters. The molecule has 0 aliphatic rings. The minimum absolute atomic E-state index is 0.0947. The van der Waals surface area contributed by atoms with Gasteiger partial charge in [-0.25, -0.2) is 4.68 Å². The van der Waals surface area contributed by atoms with Crippen molar-refractivity contribution < 1.29 is 5.11 Å². The summed E-state index contributed by atoms with van der Waals surface area (Å²) in [4.78, 5) is 21.7. The molecule has 138 valence electrons. The Bertz CT molecular complexity index is 970. The van der Waals surface area contributed by atoms with Crippen LogP contribution in [0.4, 0.5) is 5.95 Å². The summed E-state index contributed by atoms with van der Waals surface area (Å²) in [6.45, 7) is 5.95. The van der Waals surface area contributed by atoms with Gasteiger partial charge in [0.2, 0.25) is 5.95 Å². The largest absolute Gasteiger partial charge is 0.390 e. The molecule has 0 aliphatic heterocycles. The van der Waals surface area contributed by atoms with E-state index in [2.05, 4.69) is 53.2 Å². The molecule has 0 spiro atoms. The fraction of sp³-hybridized carbons (Fsp3) is 0.421. The van der Waals surface area contributed by atoms with Crippen molar-refractivity contribution in [3.05, 3.63) is 51.4 Å². The number of H-pyrrole nitrogens is 1. The van der Waals surface area contributed by atoms with Crippen LogP contribution in [0.15, 0.2) is 29.1 Å². The summed E-state index contributed by atoms with van der Waals surface area (Å²) >= 11 is 0. The van der Waals surface area contributed by atoms with Crippen molar-refractivity contribution in [2.24, 2.45) is 5.92 Å². The Morgan fingerprint density at radius 3 is 2.42 bits per heavy atom. The fourth-order valence-electron chi connectivity index (χ4n) is 3.19. The topological polar surface area (TPSA) is 87.0 Å². The Morgan fingerprint density at radius 1 is 1.23 bits per heavy atom. The highest BCUT2D eigenvalue weighted by atomic mass is 16.3. The molecule has 2 aromatic heterocycles. The normalized spacial score (nSPS) is 12.7. The van der Waals surface area contributed by atoms with Gasteiger partial charge in [-0.1, -0.05) is 43.7 Å². The van der Waals surface area contributed by atoms with Crippen LogP contribution in [0, 0.1) is 12.8 Å². The first-order valence-corrected chi connectivity index (χ1v) is 8.69. The number of rotatable bonds is 5. The molecule has 2 N–H and O–H groups in total. The van der Waals surface area contributed by atoms with Crippen molar-refractivity contribution in [2.75, 3.05) is 19.0 Å². The first-order chi connectivity index (χ1) is 12.3. The van der Waals surface area contributed by atoms with Crippen molar-refractivity contribution in [3.63, 3.8) is 0 Å². The zero-order chi connectivity index (χ0) is 19.0. The van der Waals surface area contributed by atoms with Crippen LogP contribution in [-0.4, -0.2) is 39.0 Å². The van der Waals surface area contributed by atoms with Crippen molar-refractivity contribution in [2.45, 2.75) is 33.4 Å². The minimum Gasteiger partial charge on any atom is -0.390 e. The number of benzene rings is 1. The van der Waals surface area contributed by atoms with Crippen molar-refractivity contribution >= 4 is 17.0 Å². The van der Waals surface area contributed by atoms with Gasteiger partial charge < -0.3 is 10.0 Å². The van der Waals surface area contributed by atoms with E-state index < -0.39 is 0 Å². The molecule has 3 rings (SSSR count). The van der Waals surface area contributed by atoms with E-state index in [9.17, 15) is 9.90 Å². The summed E-state index contributed by atoms with van der Waals surface area (Å²) in [7, 11) is 3.63. The zero-order valence-corrected chi connectivity index (χ0v) is 15.8. The van der Waals surface area contributed by atoms with Gasteiger partial charge in [0.1, 0.15) is 11.1 Å². The molecule has 3 aromatic rings. The molecule has 7 nitrogen and oxygen atoms in total. The number of aliphatic hydroxyl groups excluding tert-OH is 1. The third-order valence-electron chi connectivity index (χ3n) is 4.51. The summed E-state index contributed by atoms with van der Waals surface area (Å²) in [6.07, 6.45) is 0. The summed E-state index contributed by atoms with van der Waals surface area (Å²) in [5, 5.41) is 14.6. The molecular formula is C19H25N5O2. The van der Waals surface area contributed by atoms with E-state index in [1.807, 2.05) is 21.0 Å². The maximum Gasteiger partial charge on any atom is 0.263 e. The lowest BCUT2D eigenvalue weighted by Gasteiger charge is -2.23. The molecule has 26 heavy (non-hydrogen) atoms. The molecule has 1 aromatic carbocycles. The molecule has 0 saturated heterocycles. The first-order valence-electron chi connectivity index (χ1n) is 8.69. The number of aromatic nitrogens is 4. The predicted octanol–water partition coefficient (Wildman–Crippen LogP) is 2.23. The molecule has 2 heterocycles. The van der Waals surface area contributed by atoms with E-state index >= 15 is 0 Å². The number of hydrogen-bond acceptors (Lipinski definition) is 5. The van der Waals surface area contributed by atoms with E-state index in [0.717, 1.165) is 5.56 Å². The Morgan fingerprint density at radius 2 is 1.88 bits per heavy atom. The highest BCUT2D eigenvalue weighted by molar-refractivity contribution is 5.78. The van der Waals surface area contributed by atoms with Crippen LogP contribution in [0.1, 0.15) is 36.7 Å². The average Bonchev–Trinajstić information content (AvgIpc) is 2.95. The lowest BCUT2D eigenvalue weighted by Crippen LogP contribution is -2.22. The van der Waals surface area contributed by atoms with Gasteiger partial charge in [0, 0.05) is 14.1 Å². The van der Waals surface area contributed by atoms with Gasteiger partial charge in [-0.15, -0.1) is 0 Å². The van der Waals surface area contributed by atoms with Crippen LogP contribution < -0.4 is 10.5 Å². The number of aliphatic hydroxyl groups is 1. The highest BCUT2D eigenvalue weighted by Crippen LogP contribution is 2.30. The summed E-state index contributed by atoms with van der Waals surface area (Å²) in [5.41, 5.74) is 2.81. The van der Waals surface area contributed by atoms with Gasteiger partial charge in [-0.05, 0) is 18.4 Å². The van der Waals surface area contributed by atoms with Crippen LogP contribution in [0.5, 0.6) is 0 Å². The number of nitrogens with zero attached hydrogens (tertiary/aromatic N) is 4. The summed E-state index contributed by atoms with van der Waals surface area (Å²) in [6, 6.07) is 8.19. The van der Waals surface area contributed by atoms with E-state index in [-0.39, 0.29) is 24.1 Å². The predicted molar refractivity (Wildman–Crippen MR) is 103 cm³/mol. The fourth-order valence-corrected chi connectivity index (χ4v) is 3.19. The Labute approximate surface area is 152 Å². The third-order valence-corrected chi connectivity index (χ3v) is 4.51. The standard InChI is InChI=1S/C19H25N5O2/c1-11(2)16(13-8-6-12(3)7-9-13)24-17-15(14(10-25)22-24)18(26)21-19(20-17)23(4)5/h6-9,11,16,25H,10H2,1-5H3,(H,20,21,26). The van der Waals surface area contributed by atoms with Gasteiger partial charge in [0.05, 0.1) is 12.6 Å². The van der Waals surface area contributed by atoms with Gasteiger partial charge in [0.25, 0.3) is 5.56 Å². The highest BCUT2D eigenvalue weighted by Gasteiger charge is 2.25. The van der Waals surface area contributed by atoms with Crippen LogP contribution in [0.2, 0.25) is 0 Å². The number of hydrogen-bond donors (Lipinski definition) is 2. The Hall–Kier alpha value is -2.67. The SMILES string of the molecule is Cc1ccc(C(C(C)C)n2nc(CO)c3c(=O)[nH]c(N(C)C)nc32)cc1. The minimum atomic E-state index is -0.311. The van der Waals surface area contributed by atoms with Crippen LogP contribution >= 0.6 is 0 Å². The Balaban J connectivity index is 2.30. The molecular weight excluding hydrogens is 330 g/mol. The monoisotopic (exact) mass is 355 g/mol. The summed E-state index contributed by atoms with van der Waals surface area (Å²) in [5.74, 6) is 0.677. The van der Waals surface area contributed by atoms with Crippen LogP contribution in [0.3, 0.4) is 0 Å². The van der Waals surface area contributed by atoms with Gasteiger partial charge >= 0.3 is 0 Å². The van der Waals surface area contributed by atoms with Crippen LogP contribution in [0.25, 0.3) is 11.0 Å². The third kappa shape index (κ3) is 3.10. The number of anilines is 1. The van der Waals surface area contributed by atoms with Gasteiger partial charge in [-0.3, -0.25) is 9.78 Å². The first kappa shape index (κ1) is 18.1. The van der Waals surface area contributed by atoms with E-state index in [4.69, 9.17) is 0 Å². The second kappa shape index (κ2) is 6.92. The van der Waals surface area contributed by atoms with Crippen molar-refractivity contribution in [3.8, 4) is 0 Å². The molecule has 7 heteroatoms. The van der Waals surface area contributed by atoms with Gasteiger partial charge in [-0.2, -0.15) is 10.1 Å². The molecule has 0 saturated carbocycles. The number of fused-ring (bicyclic) bond motifs is 1. The lowest BCUT2D eigenvalue weighted by atomic mass is 9.95. The molecule has 0 fully saturated rings. The smallest absolute Gasteiger partial charge is 0.263 e. The maximum absolute atomic E-state index is 12.6.